The molecule has 1 heterocycles. The maximum atomic E-state index is 11.2. The second kappa shape index (κ2) is 5.43. The molecule has 5 heteroatoms. The summed E-state index contributed by atoms with van der Waals surface area (Å²) in [6.45, 7) is 8.01. The highest BCUT2D eigenvalue weighted by Gasteiger charge is 2.17. The number of carboxylic acids is 1. The van der Waals surface area contributed by atoms with Gasteiger partial charge in [-0.25, -0.2) is 14.8 Å². The van der Waals surface area contributed by atoms with Crippen LogP contribution in [0.5, 0.6) is 0 Å². The van der Waals surface area contributed by atoms with E-state index in [2.05, 4.69) is 16.5 Å². The molecule has 0 aliphatic rings. The third-order valence-electron chi connectivity index (χ3n) is 2.32. The molecule has 5 nitrogen and oxygen atoms in total. The molecule has 92 valence electrons. The molecule has 0 amide bonds. The van der Waals surface area contributed by atoms with Gasteiger partial charge in [0, 0.05) is 19.5 Å². The van der Waals surface area contributed by atoms with Gasteiger partial charge in [0.1, 0.15) is 5.82 Å². The molecule has 0 spiro atoms. The van der Waals surface area contributed by atoms with Crippen LogP contribution in [0.2, 0.25) is 0 Å². The fourth-order valence-corrected chi connectivity index (χ4v) is 1.40. The minimum absolute atomic E-state index is 0.0352. The van der Waals surface area contributed by atoms with Crippen molar-refractivity contribution in [1.29, 1.82) is 0 Å². The van der Waals surface area contributed by atoms with Gasteiger partial charge in [-0.1, -0.05) is 19.9 Å². The Balaban J connectivity index is 3.21. The lowest BCUT2D eigenvalue weighted by molar-refractivity contribution is 0.0690. The highest BCUT2D eigenvalue weighted by atomic mass is 16.4. The SMILES string of the molecule is C=CCN(C)c1cnc(C(C)C)nc1C(=O)O. The number of aromatic carboxylic acids is 1. The quantitative estimate of drug-likeness (QED) is 0.790. The van der Waals surface area contributed by atoms with E-state index in [-0.39, 0.29) is 11.6 Å². The predicted octanol–water partition coefficient (Wildman–Crippen LogP) is 1.92. The highest BCUT2D eigenvalue weighted by molar-refractivity contribution is 5.91. The van der Waals surface area contributed by atoms with Crippen LogP contribution in [-0.2, 0) is 0 Å². The van der Waals surface area contributed by atoms with Gasteiger partial charge in [0.2, 0.25) is 0 Å². The van der Waals surface area contributed by atoms with Crippen molar-refractivity contribution in [1.82, 2.24) is 9.97 Å². The van der Waals surface area contributed by atoms with E-state index in [4.69, 9.17) is 5.11 Å². The Morgan fingerprint density at radius 2 is 2.29 bits per heavy atom. The lowest BCUT2D eigenvalue weighted by Gasteiger charge is -2.19. The molecule has 0 aliphatic heterocycles. The Labute approximate surface area is 101 Å². The molecule has 0 saturated carbocycles. The van der Waals surface area contributed by atoms with Crippen molar-refractivity contribution in [2.45, 2.75) is 19.8 Å². The Hall–Kier alpha value is -1.91. The molecule has 17 heavy (non-hydrogen) atoms. The summed E-state index contributed by atoms with van der Waals surface area (Å²) in [5.74, 6) is -0.398. The number of hydrogen-bond donors (Lipinski definition) is 1. The normalized spacial score (nSPS) is 10.4. The number of anilines is 1. The van der Waals surface area contributed by atoms with E-state index in [1.54, 1.807) is 24.2 Å². The van der Waals surface area contributed by atoms with Gasteiger partial charge in [-0.2, -0.15) is 0 Å². The Morgan fingerprint density at radius 3 is 2.76 bits per heavy atom. The van der Waals surface area contributed by atoms with Gasteiger partial charge in [0.25, 0.3) is 0 Å². The molecule has 0 bridgehead atoms. The Kier molecular flexibility index (Phi) is 4.20. The number of carboxylic acid groups (broad SMARTS) is 1. The lowest BCUT2D eigenvalue weighted by atomic mass is 10.2. The maximum Gasteiger partial charge on any atom is 0.356 e. The first kappa shape index (κ1) is 13.2. The molecule has 1 aromatic rings. The van der Waals surface area contributed by atoms with Crippen LogP contribution in [0.1, 0.15) is 36.1 Å². The van der Waals surface area contributed by atoms with Crippen LogP contribution in [0.25, 0.3) is 0 Å². The van der Waals surface area contributed by atoms with E-state index in [0.29, 0.717) is 18.1 Å². The average molecular weight is 235 g/mol. The molecular formula is C12H17N3O2. The summed E-state index contributed by atoms with van der Waals surface area (Å²) in [5, 5.41) is 9.15. The summed E-state index contributed by atoms with van der Waals surface area (Å²) in [6.07, 6.45) is 3.25. The molecule has 0 saturated heterocycles. The van der Waals surface area contributed by atoms with Crippen LogP contribution in [0.3, 0.4) is 0 Å². The molecule has 0 radical (unpaired) electrons. The summed E-state index contributed by atoms with van der Waals surface area (Å²) >= 11 is 0. The smallest absolute Gasteiger partial charge is 0.356 e. The molecule has 0 fully saturated rings. The van der Waals surface area contributed by atoms with Crippen molar-refractivity contribution >= 4 is 11.7 Å². The van der Waals surface area contributed by atoms with Gasteiger partial charge in [-0.15, -0.1) is 6.58 Å². The van der Waals surface area contributed by atoms with Gasteiger partial charge in [-0.3, -0.25) is 0 Å². The summed E-state index contributed by atoms with van der Waals surface area (Å²) in [5.41, 5.74) is 0.537. The first-order chi connectivity index (χ1) is 7.97. The second-order valence-corrected chi connectivity index (χ2v) is 4.09. The first-order valence-electron chi connectivity index (χ1n) is 5.39. The molecule has 1 aromatic heterocycles. The minimum atomic E-state index is -1.04. The predicted molar refractivity (Wildman–Crippen MR) is 66.5 cm³/mol. The second-order valence-electron chi connectivity index (χ2n) is 4.09. The van der Waals surface area contributed by atoms with E-state index < -0.39 is 5.97 Å². The number of carbonyl (C=O) groups is 1. The zero-order chi connectivity index (χ0) is 13.0. The third kappa shape index (κ3) is 3.03. The van der Waals surface area contributed by atoms with Crippen LogP contribution >= 0.6 is 0 Å². The number of rotatable bonds is 5. The van der Waals surface area contributed by atoms with Gasteiger partial charge in [0.15, 0.2) is 5.69 Å². The fraction of sp³-hybridized carbons (Fsp3) is 0.417. The summed E-state index contributed by atoms with van der Waals surface area (Å²) in [4.78, 5) is 21.2. The molecule has 0 aromatic carbocycles. The number of hydrogen-bond acceptors (Lipinski definition) is 4. The van der Waals surface area contributed by atoms with Crippen molar-refractivity contribution in [2.24, 2.45) is 0 Å². The highest BCUT2D eigenvalue weighted by Crippen LogP contribution is 2.19. The van der Waals surface area contributed by atoms with Gasteiger partial charge in [0.05, 0.1) is 11.9 Å². The standard InChI is InChI=1S/C12H17N3O2/c1-5-6-15(4)9-7-13-11(8(2)3)14-10(9)12(16)17/h5,7-8H,1,6H2,2-4H3,(H,16,17). The average Bonchev–Trinajstić information content (AvgIpc) is 2.28. The Bertz CT molecular complexity index is 430. The number of nitrogens with zero attached hydrogens (tertiary/aromatic N) is 3. The van der Waals surface area contributed by atoms with Crippen molar-refractivity contribution in [2.75, 3.05) is 18.5 Å². The van der Waals surface area contributed by atoms with E-state index >= 15 is 0 Å². The van der Waals surface area contributed by atoms with E-state index in [9.17, 15) is 4.79 Å². The first-order valence-corrected chi connectivity index (χ1v) is 5.39. The van der Waals surface area contributed by atoms with Crippen molar-refractivity contribution < 1.29 is 9.90 Å². The fourth-order valence-electron chi connectivity index (χ4n) is 1.40. The van der Waals surface area contributed by atoms with Crippen molar-refractivity contribution in [3.05, 3.63) is 30.4 Å². The molecule has 0 unspecified atom stereocenters. The topological polar surface area (TPSA) is 66.3 Å². The van der Waals surface area contributed by atoms with E-state index in [0.717, 1.165) is 0 Å². The van der Waals surface area contributed by atoms with Crippen LogP contribution in [0, 0.1) is 0 Å². The van der Waals surface area contributed by atoms with Crippen molar-refractivity contribution in [3.63, 3.8) is 0 Å². The summed E-state index contributed by atoms with van der Waals surface area (Å²) in [6, 6.07) is 0. The van der Waals surface area contributed by atoms with Gasteiger partial charge >= 0.3 is 5.97 Å². The van der Waals surface area contributed by atoms with Crippen LogP contribution in [-0.4, -0.2) is 34.6 Å². The van der Waals surface area contributed by atoms with E-state index in [1.165, 1.54) is 0 Å². The number of likely N-dealkylation sites (N-methyl/N-ethyl adjacent to an activating group) is 1. The van der Waals surface area contributed by atoms with Crippen LogP contribution in [0.15, 0.2) is 18.9 Å². The van der Waals surface area contributed by atoms with Crippen LogP contribution in [0.4, 0.5) is 5.69 Å². The lowest BCUT2D eigenvalue weighted by Crippen LogP contribution is -2.21. The number of aromatic nitrogens is 2. The van der Waals surface area contributed by atoms with Gasteiger partial charge < -0.3 is 10.0 Å². The molecule has 0 atom stereocenters. The summed E-state index contributed by atoms with van der Waals surface area (Å²) in [7, 11) is 1.78. The minimum Gasteiger partial charge on any atom is -0.476 e. The molecule has 0 aliphatic carbocycles. The van der Waals surface area contributed by atoms with Crippen molar-refractivity contribution in [3.8, 4) is 0 Å². The summed E-state index contributed by atoms with van der Waals surface area (Å²) < 4.78 is 0. The van der Waals surface area contributed by atoms with Crippen LogP contribution < -0.4 is 4.90 Å². The van der Waals surface area contributed by atoms with E-state index in [1.807, 2.05) is 13.8 Å². The zero-order valence-corrected chi connectivity index (χ0v) is 10.3. The Morgan fingerprint density at radius 1 is 1.65 bits per heavy atom. The third-order valence-corrected chi connectivity index (χ3v) is 2.32. The zero-order valence-electron chi connectivity index (χ0n) is 10.3. The molecule has 1 N–H and O–H groups in total. The van der Waals surface area contributed by atoms with Gasteiger partial charge in [-0.05, 0) is 0 Å². The monoisotopic (exact) mass is 235 g/mol. The molecule has 1 rings (SSSR count). The largest absolute Gasteiger partial charge is 0.476 e. The molecular weight excluding hydrogens is 218 g/mol. The maximum absolute atomic E-state index is 11.2.